The fraction of sp³-hybridized carbons (Fsp3) is 0.444. The van der Waals surface area contributed by atoms with E-state index in [-0.39, 0.29) is 24.4 Å². The van der Waals surface area contributed by atoms with Gasteiger partial charge >= 0.3 is 0 Å². The monoisotopic (exact) mass is 682 g/mol. The van der Waals surface area contributed by atoms with Gasteiger partial charge in [-0.1, -0.05) is 65.0 Å². The molecule has 3 aromatic rings. The van der Waals surface area contributed by atoms with Crippen LogP contribution in [0.4, 0.5) is 8.78 Å². The number of aliphatic hydroxyl groups excluding tert-OH is 1. The van der Waals surface area contributed by atoms with E-state index >= 15 is 4.39 Å². The molecule has 4 amide bonds. The summed E-state index contributed by atoms with van der Waals surface area (Å²) in [6.45, 7) is 9.19. The van der Waals surface area contributed by atoms with Crippen molar-refractivity contribution >= 4 is 23.6 Å². The molecule has 1 aromatic heterocycles. The minimum Gasteiger partial charge on any atom is -0.387 e. The van der Waals surface area contributed by atoms with Crippen LogP contribution in [0.5, 0.6) is 0 Å². The Morgan fingerprint density at radius 1 is 1.00 bits per heavy atom. The van der Waals surface area contributed by atoms with E-state index in [9.17, 15) is 28.7 Å². The maximum atomic E-state index is 15.0. The lowest BCUT2D eigenvalue weighted by atomic mass is 9.82. The number of nitrogens with zero attached hydrogens (tertiary/aromatic N) is 2. The SMILES string of the molecule is CC(C)CNC(=O)[C@H](CCN(C(=O)CO)[C@@H](c1cc(-c2cc(F)ccc2F)cn1Cc1ccccc1)C(C)(C)C)NC(=O)[C@@H](N)CC(N)=O. The molecule has 0 unspecified atom stereocenters. The highest BCUT2D eigenvalue weighted by atomic mass is 19.1. The molecule has 7 N–H and O–H groups in total. The van der Waals surface area contributed by atoms with Gasteiger partial charge in [-0.15, -0.1) is 0 Å². The van der Waals surface area contributed by atoms with Crippen LogP contribution in [0.25, 0.3) is 11.1 Å². The van der Waals surface area contributed by atoms with Crippen molar-refractivity contribution in [2.75, 3.05) is 19.7 Å². The zero-order chi connectivity index (χ0) is 36.5. The van der Waals surface area contributed by atoms with Crippen LogP contribution in [0, 0.1) is 23.0 Å². The maximum absolute atomic E-state index is 15.0. The molecular formula is C36H48F2N6O5. The quantitative estimate of drug-likeness (QED) is 0.155. The highest BCUT2D eigenvalue weighted by Gasteiger charge is 2.38. The summed E-state index contributed by atoms with van der Waals surface area (Å²) in [5.74, 6) is -3.86. The van der Waals surface area contributed by atoms with Crippen molar-refractivity contribution in [1.82, 2.24) is 20.1 Å². The van der Waals surface area contributed by atoms with Crippen molar-refractivity contribution in [1.29, 1.82) is 0 Å². The van der Waals surface area contributed by atoms with Gasteiger partial charge in [-0.2, -0.15) is 0 Å². The van der Waals surface area contributed by atoms with E-state index in [2.05, 4.69) is 10.6 Å². The van der Waals surface area contributed by atoms with Crippen LogP contribution in [0.2, 0.25) is 0 Å². The van der Waals surface area contributed by atoms with Gasteiger partial charge in [0.05, 0.1) is 18.5 Å². The van der Waals surface area contributed by atoms with Crippen molar-refractivity contribution in [3.05, 3.63) is 83.7 Å². The number of aromatic nitrogens is 1. The van der Waals surface area contributed by atoms with Gasteiger partial charge in [0.1, 0.15) is 24.3 Å². The normalized spacial score (nSPS) is 13.4. The Balaban J connectivity index is 2.10. The first-order valence-electron chi connectivity index (χ1n) is 16.2. The van der Waals surface area contributed by atoms with Gasteiger partial charge in [-0.25, -0.2) is 8.78 Å². The number of hydrogen-bond acceptors (Lipinski definition) is 6. The average molecular weight is 683 g/mol. The third-order valence-corrected chi connectivity index (χ3v) is 7.97. The molecular weight excluding hydrogens is 634 g/mol. The van der Waals surface area contributed by atoms with Gasteiger partial charge in [0.15, 0.2) is 0 Å². The number of nitrogens with one attached hydrogen (secondary N) is 2. The molecule has 0 radical (unpaired) electrons. The van der Waals surface area contributed by atoms with Crippen molar-refractivity contribution in [3.63, 3.8) is 0 Å². The summed E-state index contributed by atoms with van der Waals surface area (Å²) in [5, 5.41) is 15.5. The molecule has 0 bridgehead atoms. The standard InChI is InChI=1S/C36H48F2N6O5/c1-22(2)18-41-35(49)29(42-34(48)28(39)17-31(40)46)13-14-44(32(47)21-45)33(36(3,4)5)30-15-24(26-16-25(37)11-12-27(26)38)20-43(30)19-23-9-7-6-8-10-23/h6-12,15-16,20,22,28-29,33,45H,13-14,17-19,21,39H2,1-5H3,(H2,40,46)(H,41,49)(H,42,48)/t28-,29-,33-/m0/s1. The molecule has 0 fully saturated rings. The number of benzene rings is 2. The molecule has 3 rings (SSSR count). The summed E-state index contributed by atoms with van der Waals surface area (Å²) < 4.78 is 31.2. The van der Waals surface area contributed by atoms with Gasteiger partial charge in [0.25, 0.3) is 0 Å². The topological polar surface area (TPSA) is 173 Å². The Hall–Kier alpha value is -4.62. The molecule has 49 heavy (non-hydrogen) atoms. The van der Waals surface area contributed by atoms with E-state index in [4.69, 9.17) is 11.5 Å². The minimum absolute atomic E-state index is 0.0395. The number of nitrogens with two attached hydrogens (primary N) is 2. The van der Waals surface area contributed by atoms with Crippen molar-refractivity contribution in [2.24, 2.45) is 22.8 Å². The second-order valence-corrected chi connectivity index (χ2v) is 13.7. The van der Waals surface area contributed by atoms with Crippen LogP contribution in [0.1, 0.15) is 64.8 Å². The smallest absolute Gasteiger partial charge is 0.248 e. The van der Waals surface area contributed by atoms with Gasteiger partial charge in [-0.05, 0) is 47.6 Å². The lowest BCUT2D eigenvalue weighted by Gasteiger charge is -2.41. The predicted molar refractivity (Wildman–Crippen MR) is 183 cm³/mol. The molecule has 3 atom stereocenters. The summed E-state index contributed by atoms with van der Waals surface area (Å²) in [6.07, 6.45) is 1.19. The number of amides is 4. The van der Waals surface area contributed by atoms with E-state index in [0.717, 1.165) is 23.8 Å². The van der Waals surface area contributed by atoms with E-state index in [1.165, 1.54) is 4.90 Å². The van der Waals surface area contributed by atoms with Crippen molar-refractivity contribution in [2.45, 2.75) is 72.1 Å². The Labute approximate surface area is 286 Å². The zero-order valence-electron chi connectivity index (χ0n) is 28.7. The number of aliphatic hydroxyl groups is 1. The largest absolute Gasteiger partial charge is 0.387 e. The summed E-state index contributed by atoms with van der Waals surface area (Å²) in [4.78, 5) is 52.6. The lowest BCUT2D eigenvalue weighted by molar-refractivity contribution is -0.140. The third kappa shape index (κ3) is 10.9. The Morgan fingerprint density at radius 3 is 2.27 bits per heavy atom. The summed E-state index contributed by atoms with van der Waals surface area (Å²) in [5.41, 5.74) is 12.3. The molecule has 2 aromatic carbocycles. The maximum Gasteiger partial charge on any atom is 0.248 e. The van der Waals surface area contributed by atoms with Crippen LogP contribution in [0.3, 0.4) is 0 Å². The van der Waals surface area contributed by atoms with Gasteiger partial charge in [0.2, 0.25) is 23.6 Å². The van der Waals surface area contributed by atoms with E-state index in [1.807, 2.05) is 69.5 Å². The van der Waals surface area contributed by atoms with Gasteiger partial charge in [-0.3, -0.25) is 19.2 Å². The molecule has 0 spiro atoms. The lowest BCUT2D eigenvalue weighted by Crippen LogP contribution is -2.54. The van der Waals surface area contributed by atoms with Crippen LogP contribution in [0.15, 0.2) is 60.8 Å². The molecule has 0 aliphatic rings. The molecule has 0 aliphatic carbocycles. The fourth-order valence-electron chi connectivity index (χ4n) is 5.65. The Morgan fingerprint density at radius 2 is 1.67 bits per heavy atom. The first kappa shape index (κ1) is 38.8. The minimum atomic E-state index is -1.29. The van der Waals surface area contributed by atoms with Crippen molar-refractivity contribution < 1.29 is 33.1 Å². The van der Waals surface area contributed by atoms with Crippen LogP contribution in [-0.4, -0.2) is 70.0 Å². The Bertz CT molecular complexity index is 1600. The summed E-state index contributed by atoms with van der Waals surface area (Å²) >= 11 is 0. The number of halogens is 2. The number of rotatable bonds is 16. The van der Waals surface area contributed by atoms with Gasteiger partial charge < -0.3 is 36.7 Å². The summed E-state index contributed by atoms with van der Waals surface area (Å²) in [6, 6.07) is 11.2. The van der Waals surface area contributed by atoms with E-state index in [1.54, 1.807) is 12.3 Å². The Kier molecular flexibility index (Phi) is 13.6. The van der Waals surface area contributed by atoms with Crippen LogP contribution in [-0.2, 0) is 25.7 Å². The van der Waals surface area contributed by atoms with Crippen molar-refractivity contribution in [3.8, 4) is 11.1 Å². The van der Waals surface area contributed by atoms with E-state index < -0.39 is 71.8 Å². The highest BCUT2D eigenvalue weighted by Crippen LogP contribution is 2.41. The first-order valence-corrected chi connectivity index (χ1v) is 16.2. The number of carbonyl (C=O) groups is 4. The molecule has 11 nitrogen and oxygen atoms in total. The highest BCUT2D eigenvalue weighted by molar-refractivity contribution is 5.92. The third-order valence-electron chi connectivity index (χ3n) is 7.97. The molecule has 1 heterocycles. The first-order chi connectivity index (χ1) is 23.0. The van der Waals surface area contributed by atoms with Crippen LogP contribution < -0.4 is 22.1 Å². The molecule has 0 aliphatic heterocycles. The van der Waals surface area contributed by atoms with Gasteiger partial charge in [0, 0.05) is 42.7 Å². The fourth-order valence-corrected chi connectivity index (χ4v) is 5.65. The molecule has 266 valence electrons. The summed E-state index contributed by atoms with van der Waals surface area (Å²) in [7, 11) is 0. The average Bonchev–Trinajstić information content (AvgIpc) is 3.43. The number of hydrogen-bond donors (Lipinski definition) is 5. The molecule has 13 heteroatoms. The molecule has 0 saturated heterocycles. The van der Waals surface area contributed by atoms with Crippen LogP contribution >= 0.6 is 0 Å². The predicted octanol–water partition coefficient (Wildman–Crippen LogP) is 3.24. The number of carbonyl (C=O) groups excluding carboxylic acids is 4. The number of primary amides is 1. The molecule has 0 saturated carbocycles. The second-order valence-electron chi connectivity index (χ2n) is 13.7. The van der Waals surface area contributed by atoms with E-state index in [0.29, 0.717) is 24.3 Å². The zero-order valence-corrected chi connectivity index (χ0v) is 28.7. The second kappa shape index (κ2) is 17.2.